The van der Waals surface area contributed by atoms with Crippen LogP contribution in [0.1, 0.15) is 87.5 Å². The van der Waals surface area contributed by atoms with Crippen LogP contribution in [-0.2, 0) is 37.7 Å². The standard InChI is InChI=1S/C52H35F15N2O2/c1-26-14-18-30(19-15-26)47(51(62,63)64,52(65,66)67)31-20-16-29(17-21-31)43-69-42-39(45(5,71-43)50(59,60)61)24-33(25-40(42)48(53,54)55)46(36-12-8-6-10-34(36)35-11-7-9-13-37(35)46)32-22-27(2)41-38(23-32)44(4,49(56,57)58)70-28(3)68-41/h6-25H,1-5H3. The van der Waals surface area contributed by atoms with Crippen LogP contribution in [0.15, 0.2) is 131 Å². The number of benzene rings is 6. The number of aliphatic imine (C=N–C) groups is 2. The third-order valence-electron chi connectivity index (χ3n) is 13.7. The highest BCUT2D eigenvalue weighted by atomic mass is 19.4. The minimum absolute atomic E-state index is 0.108. The van der Waals surface area contributed by atoms with Crippen molar-refractivity contribution in [1.29, 1.82) is 0 Å². The Hall–Kier alpha value is -6.79. The second-order valence-electron chi connectivity index (χ2n) is 18.0. The number of nitrogens with zero attached hydrogens (tertiary/aromatic N) is 2. The molecule has 4 nitrogen and oxygen atoms in total. The van der Waals surface area contributed by atoms with Gasteiger partial charge in [-0.2, -0.15) is 65.9 Å². The third-order valence-corrected chi connectivity index (χ3v) is 13.7. The molecular formula is C52H35F15N2O2. The highest BCUT2D eigenvalue weighted by molar-refractivity contribution is 5.98. The van der Waals surface area contributed by atoms with E-state index in [2.05, 4.69) is 9.98 Å². The highest BCUT2D eigenvalue weighted by Gasteiger charge is 2.72. The second kappa shape index (κ2) is 15.6. The predicted molar refractivity (Wildman–Crippen MR) is 232 cm³/mol. The molecule has 0 fully saturated rings. The van der Waals surface area contributed by atoms with Gasteiger partial charge in [0.25, 0.3) is 0 Å². The quantitative estimate of drug-likeness (QED) is 0.161. The van der Waals surface area contributed by atoms with Crippen LogP contribution in [0, 0.1) is 13.8 Å². The van der Waals surface area contributed by atoms with Crippen molar-refractivity contribution in [3.63, 3.8) is 0 Å². The molecule has 0 N–H and O–H groups in total. The van der Waals surface area contributed by atoms with Crippen molar-refractivity contribution < 1.29 is 75.3 Å². The van der Waals surface area contributed by atoms with Gasteiger partial charge in [0, 0.05) is 23.6 Å². The van der Waals surface area contributed by atoms with Gasteiger partial charge in [0.05, 0.1) is 22.4 Å². The average molecular weight is 1000 g/mol. The highest BCUT2D eigenvalue weighted by Crippen LogP contribution is 2.62. The van der Waals surface area contributed by atoms with Gasteiger partial charge in [-0.15, -0.1) is 0 Å². The van der Waals surface area contributed by atoms with Gasteiger partial charge in [-0.05, 0) is 108 Å². The summed E-state index contributed by atoms with van der Waals surface area (Å²) in [6.07, 6.45) is -28.4. The number of ether oxygens (including phenoxy) is 2. The zero-order valence-corrected chi connectivity index (χ0v) is 37.4. The topological polar surface area (TPSA) is 43.2 Å². The number of halogens is 15. The smallest absolute Gasteiger partial charge is 0.432 e. The zero-order chi connectivity index (χ0) is 51.9. The van der Waals surface area contributed by atoms with Crippen LogP contribution < -0.4 is 0 Å². The van der Waals surface area contributed by atoms with E-state index in [9.17, 15) is 26.3 Å². The number of alkyl halides is 15. The molecular weight excluding hydrogens is 970 g/mol. The second-order valence-corrected chi connectivity index (χ2v) is 18.0. The summed E-state index contributed by atoms with van der Waals surface area (Å²) in [5.74, 6) is -1.58. The van der Waals surface area contributed by atoms with E-state index in [1.165, 1.54) is 51.1 Å². The Morgan fingerprint density at radius 3 is 1.39 bits per heavy atom. The van der Waals surface area contributed by atoms with E-state index in [1.807, 2.05) is 0 Å². The predicted octanol–water partition coefficient (Wildman–Crippen LogP) is 15.8. The van der Waals surface area contributed by atoms with Crippen LogP contribution in [0.4, 0.5) is 77.2 Å². The molecule has 2 atom stereocenters. The van der Waals surface area contributed by atoms with Gasteiger partial charge in [-0.25, -0.2) is 9.98 Å². The van der Waals surface area contributed by atoms with Crippen molar-refractivity contribution in [3.8, 4) is 11.1 Å². The molecule has 0 spiro atoms. The first-order valence-corrected chi connectivity index (χ1v) is 21.4. The Labute approximate surface area is 394 Å². The van der Waals surface area contributed by atoms with Crippen LogP contribution >= 0.6 is 0 Å². The molecule has 2 aliphatic heterocycles. The fourth-order valence-corrected chi connectivity index (χ4v) is 10.2. The van der Waals surface area contributed by atoms with Crippen LogP contribution in [0.3, 0.4) is 0 Å². The van der Waals surface area contributed by atoms with Crippen molar-refractivity contribution in [1.82, 2.24) is 0 Å². The van der Waals surface area contributed by atoms with E-state index in [1.54, 1.807) is 24.3 Å². The first kappa shape index (κ1) is 49.2. The molecule has 370 valence electrons. The molecule has 1 aliphatic carbocycles. The fourth-order valence-electron chi connectivity index (χ4n) is 10.2. The summed E-state index contributed by atoms with van der Waals surface area (Å²) in [5.41, 5.74) is -21.2. The van der Waals surface area contributed by atoms with Gasteiger partial charge < -0.3 is 9.47 Å². The minimum atomic E-state index is -6.05. The molecule has 0 radical (unpaired) electrons. The Morgan fingerprint density at radius 1 is 0.465 bits per heavy atom. The molecule has 0 bridgehead atoms. The lowest BCUT2D eigenvalue weighted by molar-refractivity contribution is -0.288. The van der Waals surface area contributed by atoms with E-state index in [0.717, 1.165) is 31.2 Å². The molecule has 9 rings (SSSR count). The van der Waals surface area contributed by atoms with E-state index < -0.39 is 103 Å². The fraction of sp³-hybridized carbons (Fsp3) is 0.269. The minimum Gasteiger partial charge on any atom is -0.460 e. The molecule has 3 aliphatic rings. The summed E-state index contributed by atoms with van der Waals surface area (Å²) in [6.45, 7) is 5.18. The Balaban J connectivity index is 1.33. The summed E-state index contributed by atoms with van der Waals surface area (Å²) in [4.78, 5) is 8.13. The van der Waals surface area contributed by atoms with E-state index in [4.69, 9.17) is 9.47 Å². The molecule has 6 aromatic carbocycles. The number of hydrogen-bond donors (Lipinski definition) is 0. The van der Waals surface area contributed by atoms with Gasteiger partial charge in [0.2, 0.25) is 22.5 Å². The SMILES string of the molecule is CC1=Nc2c(C)cc(C3(c4cc(C(F)(F)F)c5c(c4)C(C)(C(F)(F)F)OC(c4ccc(C(c6ccc(C)cc6)(C(F)(F)F)C(F)(F)F)cc4)=N5)c4ccccc4-c4ccccc43)cc2C(C)(C(F)(F)F)O1. The van der Waals surface area contributed by atoms with Crippen LogP contribution in [-0.4, -0.2) is 36.5 Å². The van der Waals surface area contributed by atoms with Gasteiger partial charge in [0.15, 0.2) is 5.90 Å². The molecule has 0 aromatic heterocycles. The molecule has 71 heavy (non-hydrogen) atoms. The van der Waals surface area contributed by atoms with Crippen LogP contribution in [0.5, 0.6) is 0 Å². The monoisotopic (exact) mass is 1000 g/mol. The lowest BCUT2D eigenvalue weighted by Crippen LogP contribution is -2.54. The van der Waals surface area contributed by atoms with Crippen molar-refractivity contribution in [3.05, 3.63) is 188 Å². The third kappa shape index (κ3) is 7.06. The Bertz CT molecular complexity index is 3140. The Kier molecular flexibility index (Phi) is 10.8. The van der Waals surface area contributed by atoms with E-state index >= 15 is 39.5 Å². The van der Waals surface area contributed by atoms with Crippen LogP contribution in [0.25, 0.3) is 11.1 Å². The van der Waals surface area contributed by atoms with Gasteiger partial charge in [-0.1, -0.05) is 96.6 Å². The summed E-state index contributed by atoms with van der Waals surface area (Å²) in [7, 11) is 0. The maximum absolute atomic E-state index is 15.9. The van der Waals surface area contributed by atoms with Crippen molar-refractivity contribution in [2.45, 2.75) is 87.5 Å². The summed E-state index contributed by atoms with van der Waals surface area (Å²) in [5, 5.41) is 0. The summed E-state index contributed by atoms with van der Waals surface area (Å²) >= 11 is 0. The number of aryl methyl sites for hydroxylation is 2. The van der Waals surface area contributed by atoms with Gasteiger partial charge in [0.1, 0.15) is 0 Å². The largest absolute Gasteiger partial charge is 0.460 e. The Morgan fingerprint density at radius 2 is 0.915 bits per heavy atom. The van der Waals surface area contributed by atoms with Crippen molar-refractivity contribution in [2.75, 3.05) is 0 Å². The van der Waals surface area contributed by atoms with E-state index in [0.29, 0.717) is 66.1 Å². The zero-order valence-electron chi connectivity index (χ0n) is 37.4. The molecule has 6 aromatic rings. The maximum Gasteiger partial charge on any atom is 0.432 e. The summed E-state index contributed by atoms with van der Waals surface area (Å²) in [6, 6.07) is 21.2. The normalized spacial score (nSPS) is 19.9. The summed E-state index contributed by atoms with van der Waals surface area (Å²) < 4.78 is 241. The molecule has 0 saturated carbocycles. The van der Waals surface area contributed by atoms with Crippen molar-refractivity contribution >= 4 is 23.2 Å². The molecule has 2 heterocycles. The molecule has 19 heteroatoms. The molecule has 0 amide bonds. The van der Waals surface area contributed by atoms with Crippen LogP contribution in [0.2, 0.25) is 0 Å². The number of rotatable bonds is 5. The average Bonchev–Trinajstić information content (AvgIpc) is 3.56. The van der Waals surface area contributed by atoms with Gasteiger partial charge >= 0.3 is 30.9 Å². The lowest BCUT2D eigenvalue weighted by atomic mass is 9.65. The van der Waals surface area contributed by atoms with E-state index in [-0.39, 0.29) is 33.8 Å². The van der Waals surface area contributed by atoms with Crippen molar-refractivity contribution in [2.24, 2.45) is 9.98 Å². The maximum atomic E-state index is 15.9. The lowest BCUT2D eigenvalue weighted by Gasteiger charge is -2.41. The number of fused-ring (bicyclic) bond motifs is 5. The molecule has 0 saturated heterocycles. The molecule has 2 unspecified atom stereocenters. The first-order valence-electron chi connectivity index (χ1n) is 21.4. The number of hydrogen-bond acceptors (Lipinski definition) is 4. The first-order chi connectivity index (χ1) is 32.8. The van der Waals surface area contributed by atoms with Gasteiger partial charge in [-0.3, -0.25) is 0 Å².